The molecule has 0 fully saturated rings. The second-order valence-electron chi connectivity index (χ2n) is 19.2. The summed E-state index contributed by atoms with van der Waals surface area (Å²) in [4.78, 5) is 38.0. The van der Waals surface area contributed by atoms with E-state index in [4.69, 9.17) is 14.2 Å². The molecule has 0 saturated carbocycles. The summed E-state index contributed by atoms with van der Waals surface area (Å²) in [6, 6.07) is 0. The van der Waals surface area contributed by atoms with Gasteiger partial charge >= 0.3 is 17.9 Å². The third kappa shape index (κ3) is 55.4. The summed E-state index contributed by atoms with van der Waals surface area (Å²) >= 11 is 0. The van der Waals surface area contributed by atoms with Crippen molar-refractivity contribution in [3.8, 4) is 0 Å². The molecule has 0 heterocycles. The van der Waals surface area contributed by atoms with Crippen LogP contribution in [0.25, 0.3) is 0 Å². The van der Waals surface area contributed by atoms with Gasteiger partial charge in [-0.1, -0.05) is 266 Å². The lowest BCUT2D eigenvalue weighted by molar-refractivity contribution is -0.167. The van der Waals surface area contributed by atoms with Crippen LogP contribution in [-0.2, 0) is 28.6 Å². The van der Waals surface area contributed by atoms with Crippen LogP contribution in [0.5, 0.6) is 0 Å². The number of hydrogen-bond acceptors (Lipinski definition) is 6. The molecule has 0 bridgehead atoms. The molecule has 0 aromatic rings. The molecule has 6 heteroatoms. The second-order valence-corrected chi connectivity index (χ2v) is 19.2. The number of carbonyl (C=O) groups excluding carboxylic acids is 3. The molecule has 0 spiro atoms. The van der Waals surface area contributed by atoms with E-state index in [9.17, 15) is 14.4 Å². The fraction of sp³-hybridized carbons (Fsp3) is 0.730. The maximum Gasteiger partial charge on any atom is 0.306 e. The molecular formula is C63H108O6. The Balaban J connectivity index is 4.33. The quantitative estimate of drug-likeness (QED) is 0.0262. The van der Waals surface area contributed by atoms with Crippen molar-refractivity contribution in [3.05, 3.63) is 85.1 Å². The van der Waals surface area contributed by atoms with Crippen molar-refractivity contribution in [2.45, 2.75) is 284 Å². The normalized spacial score (nSPS) is 12.7. The molecule has 0 radical (unpaired) electrons. The van der Waals surface area contributed by atoms with Crippen molar-refractivity contribution in [2.24, 2.45) is 0 Å². The predicted molar refractivity (Wildman–Crippen MR) is 297 cm³/mol. The molecule has 6 nitrogen and oxygen atoms in total. The molecule has 1 atom stereocenters. The smallest absolute Gasteiger partial charge is 0.306 e. The minimum atomic E-state index is -0.786. The van der Waals surface area contributed by atoms with Crippen LogP contribution in [0.4, 0.5) is 0 Å². The first-order chi connectivity index (χ1) is 34.0. The lowest BCUT2D eigenvalue weighted by atomic mass is 10.0. The minimum Gasteiger partial charge on any atom is -0.462 e. The summed E-state index contributed by atoms with van der Waals surface area (Å²) in [5.74, 6) is -0.913. The highest BCUT2D eigenvalue weighted by molar-refractivity contribution is 5.71. The van der Waals surface area contributed by atoms with Gasteiger partial charge in [-0.05, 0) is 77.0 Å². The highest BCUT2D eigenvalue weighted by Gasteiger charge is 2.19. The zero-order valence-electron chi connectivity index (χ0n) is 45.3. The van der Waals surface area contributed by atoms with Crippen molar-refractivity contribution in [2.75, 3.05) is 13.2 Å². The molecule has 69 heavy (non-hydrogen) atoms. The zero-order chi connectivity index (χ0) is 50.0. The molecule has 0 aliphatic rings. The van der Waals surface area contributed by atoms with Gasteiger partial charge in [0, 0.05) is 19.3 Å². The third-order valence-corrected chi connectivity index (χ3v) is 12.4. The summed E-state index contributed by atoms with van der Waals surface area (Å²) in [5, 5.41) is 0. The van der Waals surface area contributed by atoms with Crippen molar-refractivity contribution in [1.29, 1.82) is 0 Å². The topological polar surface area (TPSA) is 78.9 Å². The lowest BCUT2D eigenvalue weighted by Gasteiger charge is -2.18. The number of esters is 3. The van der Waals surface area contributed by atoms with Crippen LogP contribution in [0.15, 0.2) is 85.1 Å². The van der Waals surface area contributed by atoms with E-state index in [1.54, 1.807) is 0 Å². The molecule has 0 rings (SSSR count). The van der Waals surface area contributed by atoms with Gasteiger partial charge in [0.15, 0.2) is 6.10 Å². The summed E-state index contributed by atoms with van der Waals surface area (Å²) in [6.45, 7) is 6.50. The molecule has 0 aromatic carbocycles. The Labute approximate surface area is 426 Å². The lowest BCUT2D eigenvalue weighted by Crippen LogP contribution is -2.30. The van der Waals surface area contributed by atoms with Gasteiger partial charge in [-0.15, -0.1) is 0 Å². The van der Waals surface area contributed by atoms with Gasteiger partial charge in [-0.3, -0.25) is 14.4 Å². The van der Waals surface area contributed by atoms with Crippen LogP contribution in [0, 0.1) is 0 Å². The van der Waals surface area contributed by atoms with E-state index >= 15 is 0 Å². The fourth-order valence-electron chi connectivity index (χ4n) is 8.07. The first-order valence-electron chi connectivity index (χ1n) is 29.1. The zero-order valence-corrected chi connectivity index (χ0v) is 45.3. The van der Waals surface area contributed by atoms with Crippen LogP contribution < -0.4 is 0 Å². The van der Waals surface area contributed by atoms with Crippen LogP contribution in [-0.4, -0.2) is 37.2 Å². The van der Waals surface area contributed by atoms with Gasteiger partial charge in [0.2, 0.25) is 0 Å². The monoisotopic (exact) mass is 961 g/mol. The Morgan fingerprint density at radius 2 is 0.565 bits per heavy atom. The van der Waals surface area contributed by atoms with E-state index in [-0.39, 0.29) is 31.1 Å². The van der Waals surface area contributed by atoms with E-state index in [2.05, 4.69) is 106 Å². The summed E-state index contributed by atoms with van der Waals surface area (Å²) in [7, 11) is 0. The number of allylic oxidation sites excluding steroid dienone is 14. The number of unbranched alkanes of at least 4 members (excludes halogenated alkanes) is 27. The second kappa shape index (κ2) is 57.2. The average Bonchev–Trinajstić information content (AvgIpc) is 3.35. The van der Waals surface area contributed by atoms with Gasteiger partial charge < -0.3 is 14.2 Å². The Morgan fingerprint density at radius 3 is 0.884 bits per heavy atom. The van der Waals surface area contributed by atoms with Crippen LogP contribution in [0.1, 0.15) is 278 Å². The predicted octanol–water partition coefficient (Wildman–Crippen LogP) is 19.5. The van der Waals surface area contributed by atoms with E-state index in [1.165, 1.54) is 128 Å². The highest BCUT2D eigenvalue weighted by Crippen LogP contribution is 2.16. The van der Waals surface area contributed by atoms with E-state index in [0.29, 0.717) is 19.3 Å². The number of hydrogen-bond donors (Lipinski definition) is 0. The Hall–Kier alpha value is -3.41. The van der Waals surface area contributed by atoms with Crippen molar-refractivity contribution in [1.82, 2.24) is 0 Å². The number of ether oxygens (including phenoxy) is 3. The molecule has 0 amide bonds. The molecule has 1 unspecified atom stereocenters. The van der Waals surface area contributed by atoms with E-state index in [0.717, 1.165) is 109 Å². The third-order valence-electron chi connectivity index (χ3n) is 12.4. The molecule has 0 aliphatic heterocycles. The highest BCUT2D eigenvalue weighted by atomic mass is 16.6. The van der Waals surface area contributed by atoms with E-state index in [1.807, 2.05) is 0 Å². The first-order valence-corrected chi connectivity index (χ1v) is 29.1. The molecular weight excluding hydrogens is 853 g/mol. The van der Waals surface area contributed by atoms with Gasteiger partial charge in [-0.25, -0.2) is 0 Å². The molecule has 0 N–H and O–H groups in total. The van der Waals surface area contributed by atoms with Gasteiger partial charge in [0.1, 0.15) is 13.2 Å². The summed E-state index contributed by atoms with van der Waals surface area (Å²) in [6.07, 6.45) is 74.4. The van der Waals surface area contributed by atoms with Crippen LogP contribution >= 0.6 is 0 Å². The largest absolute Gasteiger partial charge is 0.462 e. The van der Waals surface area contributed by atoms with Crippen molar-refractivity contribution in [3.63, 3.8) is 0 Å². The minimum absolute atomic E-state index is 0.0841. The van der Waals surface area contributed by atoms with Gasteiger partial charge in [0.05, 0.1) is 0 Å². The van der Waals surface area contributed by atoms with E-state index < -0.39 is 6.10 Å². The Morgan fingerprint density at radius 1 is 0.304 bits per heavy atom. The van der Waals surface area contributed by atoms with Gasteiger partial charge in [-0.2, -0.15) is 0 Å². The average molecular weight is 962 g/mol. The summed E-state index contributed by atoms with van der Waals surface area (Å²) in [5.41, 5.74) is 0. The van der Waals surface area contributed by atoms with Crippen LogP contribution in [0.3, 0.4) is 0 Å². The number of rotatable bonds is 52. The SMILES string of the molecule is CC/C=C\C/C=C\C/C=C\C/C=C\C/C=C\C/C=C\C/C=C\CCCCCC(=O)OCC(COC(=O)CCCCCCCCCCC)OC(=O)CCCCCCCCCCCCCCCCCCC. The Kier molecular flexibility index (Phi) is 54.3. The van der Waals surface area contributed by atoms with Crippen molar-refractivity contribution >= 4 is 17.9 Å². The maximum atomic E-state index is 12.8. The summed E-state index contributed by atoms with van der Waals surface area (Å²) < 4.78 is 16.8. The van der Waals surface area contributed by atoms with Gasteiger partial charge in [0.25, 0.3) is 0 Å². The van der Waals surface area contributed by atoms with Crippen molar-refractivity contribution < 1.29 is 28.6 Å². The molecule has 0 aliphatic carbocycles. The van der Waals surface area contributed by atoms with Crippen LogP contribution in [0.2, 0.25) is 0 Å². The Bertz CT molecular complexity index is 1330. The maximum absolute atomic E-state index is 12.8. The first kappa shape index (κ1) is 65.6. The molecule has 396 valence electrons. The fourth-order valence-corrected chi connectivity index (χ4v) is 8.07. The molecule has 0 aromatic heterocycles. The number of carbonyl (C=O) groups is 3. The standard InChI is InChI=1S/C63H108O6/c1-4-7-10-13-16-19-21-23-25-27-28-29-30-31-32-33-34-36-37-39-41-44-47-50-53-56-62(65)68-59-60(58-67-61(64)55-52-49-46-43-18-15-12-9-6-3)69-63(66)57-54-51-48-45-42-40-38-35-26-24-22-20-17-14-11-8-5-2/h7,10,16,19,23,25,28-29,31-32,34,36,39,41,60H,4-6,8-9,11-15,17-18,20-22,24,26-27,30,33,35,37-38,40,42-59H2,1-3H3/b10-7-,19-16-,25-23-,29-28-,32-31-,36-34-,41-39-. The molecule has 0 saturated heterocycles.